The van der Waals surface area contributed by atoms with Gasteiger partial charge in [0.15, 0.2) is 9.84 Å². The number of carbonyl (C=O) groups is 1. The van der Waals surface area contributed by atoms with Gasteiger partial charge in [-0.1, -0.05) is 20.8 Å². The first-order valence-corrected chi connectivity index (χ1v) is 7.85. The summed E-state index contributed by atoms with van der Waals surface area (Å²) in [5, 5.41) is 5.63. The molecule has 0 saturated carbocycles. The van der Waals surface area contributed by atoms with Gasteiger partial charge in [0.2, 0.25) is 5.91 Å². The fourth-order valence-electron chi connectivity index (χ4n) is 1.53. The molecule has 2 N–H and O–H groups in total. The fourth-order valence-corrected chi connectivity index (χ4v) is 3.20. The third-order valence-corrected chi connectivity index (χ3v) is 4.00. The van der Waals surface area contributed by atoms with E-state index in [4.69, 9.17) is 0 Å². The zero-order valence-electron chi connectivity index (χ0n) is 11.1. The normalized spacial score (nSPS) is 13.7. The van der Waals surface area contributed by atoms with Crippen LogP contribution in [0.5, 0.6) is 0 Å². The van der Waals surface area contributed by atoms with Crippen LogP contribution in [-0.2, 0) is 14.6 Å². The first kappa shape index (κ1) is 16.4. The van der Waals surface area contributed by atoms with Gasteiger partial charge in [-0.3, -0.25) is 4.79 Å². The molecule has 1 amide bonds. The van der Waals surface area contributed by atoms with E-state index in [9.17, 15) is 13.2 Å². The van der Waals surface area contributed by atoms with E-state index in [1.807, 2.05) is 20.8 Å². The van der Waals surface area contributed by atoms with Crippen LogP contribution in [0.1, 0.15) is 27.7 Å². The van der Waals surface area contributed by atoms with Crippen molar-refractivity contribution in [1.29, 1.82) is 0 Å². The number of rotatable bonds is 8. The lowest BCUT2D eigenvalue weighted by atomic mass is 10.1. The molecular formula is C11H24N2O3S. The molecule has 0 fully saturated rings. The molecule has 17 heavy (non-hydrogen) atoms. The maximum atomic E-state index is 11.8. The second-order valence-corrected chi connectivity index (χ2v) is 6.53. The van der Waals surface area contributed by atoms with E-state index in [0.717, 1.165) is 6.54 Å². The molecule has 0 aliphatic carbocycles. The minimum atomic E-state index is -3.34. The van der Waals surface area contributed by atoms with Crippen molar-refractivity contribution in [1.82, 2.24) is 10.6 Å². The first-order valence-electron chi connectivity index (χ1n) is 6.02. The van der Waals surface area contributed by atoms with Crippen molar-refractivity contribution < 1.29 is 13.2 Å². The number of nitrogens with one attached hydrogen (secondary N) is 2. The van der Waals surface area contributed by atoms with Crippen molar-refractivity contribution in [3.8, 4) is 0 Å². The van der Waals surface area contributed by atoms with Crippen LogP contribution in [0.15, 0.2) is 0 Å². The molecular weight excluding hydrogens is 240 g/mol. The van der Waals surface area contributed by atoms with E-state index in [0.29, 0.717) is 6.54 Å². The quantitative estimate of drug-likeness (QED) is 0.655. The van der Waals surface area contributed by atoms with Gasteiger partial charge in [0.05, 0.1) is 5.75 Å². The Morgan fingerprint density at radius 1 is 1.18 bits per heavy atom. The first-order chi connectivity index (χ1) is 7.82. The summed E-state index contributed by atoms with van der Waals surface area (Å²) in [5.41, 5.74) is 0. The molecule has 0 aliphatic rings. The summed E-state index contributed by atoms with van der Waals surface area (Å²) in [6.45, 7) is 8.81. The van der Waals surface area contributed by atoms with E-state index < -0.39 is 21.5 Å². The van der Waals surface area contributed by atoms with Crippen molar-refractivity contribution in [3.63, 3.8) is 0 Å². The number of hydrogen-bond donors (Lipinski definition) is 2. The van der Waals surface area contributed by atoms with Crippen molar-refractivity contribution in [2.24, 2.45) is 5.92 Å². The van der Waals surface area contributed by atoms with Crippen LogP contribution in [0.2, 0.25) is 0 Å². The molecule has 102 valence electrons. The fraction of sp³-hybridized carbons (Fsp3) is 0.909. The van der Waals surface area contributed by atoms with E-state index in [-0.39, 0.29) is 17.7 Å². The van der Waals surface area contributed by atoms with Gasteiger partial charge >= 0.3 is 0 Å². The van der Waals surface area contributed by atoms with Crippen LogP contribution >= 0.6 is 0 Å². The third-order valence-electron chi connectivity index (χ3n) is 2.43. The Bertz CT molecular complexity index is 326. The Labute approximate surface area is 104 Å². The molecule has 0 rings (SSSR count). The Balaban J connectivity index is 4.45. The highest BCUT2D eigenvalue weighted by Crippen LogP contribution is 2.05. The molecule has 1 atom stereocenters. The minimum absolute atomic E-state index is 0.00956. The van der Waals surface area contributed by atoms with Gasteiger partial charge in [0.1, 0.15) is 5.75 Å². The Morgan fingerprint density at radius 3 is 2.18 bits per heavy atom. The van der Waals surface area contributed by atoms with Gasteiger partial charge in [-0.2, -0.15) is 0 Å². The molecule has 6 heteroatoms. The summed E-state index contributed by atoms with van der Waals surface area (Å²) >= 11 is 0. The van der Waals surface area contributed by atoms with Gasteiger partial charge < -0.3 is 10.6 Å². The van der Waals surface area contributed by atoms with Gasteiger partial charge in [-0.15, -0.1) is 0 Å². The van der Waals surface area contributed by atoms with Crippen LogP contribution in [0.25, 0.3) is 0 Å². The van der Waals surface area contributed by atoms with Crippen LogP contribution in [0.4, 0.5) is 0 Å². The maximum Gasteiger partial charge on any atom is 0.235 e. The minimum Gasteiger partial charge on any atom is -0.356 e. The van der Waals surface area contributed by atoms with Crippen molar-refractivity contribution in [2.75, 3.05) is 24.6 Å². The van der Waals surface area contributed by atoms with E-state index in [1.165, 1.54) is 0 Å². The van der Waals surface area contributed by atoms with Gasteiger partial charge in [-0.25, -0.2) is 8.42 Å². The molecule has 0 aromatic heterocycles. The van der Waals surface area contributed by atoms with Crippen molar-refractivity contribution in [3.05, 3.63) is 0 Å². The molecule has 0 aromatic carbocycles. The Hall–Kier alpha value is -0.620. The molecule has 5 nitrogen and oxygen atoms in total. The topological polar surface area (TPSA) is 75.3 Å². The summed E-state index contributed by atoms with van der Waals surface area (Å²) in [5.74, 6) is -0.615. The van der Waals surface area contributed by atoms with Crippen molar-refractivity contribution in [2.45, 2.75) is 33.7 Å². The maximum absolute atomic E-state index is 11.8. The average Bonchev–Trinajstić information content (AvgIpc) is 2.15. The van der Waals surface area contributed by atoms with Crippen LogP contribution < -0.4 is 10.6 Å². The summed E-state index contributed by atoms with van der Waals surface area (Å²) in [7, 11) is -3.34. The smallest absolute Gasteiger partial charge is 0.235 e. The molecule has 1 unspecified atom stereocenters. The Kier molecular flexibility index (Phi) is 7.38. The Morgan fingerprint density at radius 2 is 1.76 bits per heavy atom. The van der Waals surface area contributed by atoms with E-state index >= 15 is 0 Å². The highest BCUT2D eigenvalue weighted by atomic mass is 32.2. The number of hydrogen-bond acceptors (Lipinski definition) is 4. The average molecular weight is 264 g/mol. The third kappa shape index (κ3) is 7.33. The monoisotopic (exact) mass is 264 g/mol. The van der Waals surface area contributed by atoms with Crippen LogP contribution in [-0.4, -0.2) is 45.0 Å². The lowest BCUT2D eigenvalue weighted by molar-refractivity contribution is -0.118. The molecule has 0 bridgehead atoms. The molecule has 0 radical (unpaired) electrons. The van der Waals surface area contributed by atoms with Crippen LogP contribution in [0, 0.1) is 5.92 Å². The molecule has 0 aliphatic heterocycles. The summed E-state index contributed by atoms with van der Waals surface area (Å²) < 4.78 is 23.6. The molecule has 0 saturated heterocycles. The predicted octanol–water partition coefficient (Wildman–Crippen LogP) is 0.171. The highest BCUT2D eigenvalue weighted by Gasteiger charge is 2.23. The second-order valence-electron chi connectivity index (χ2n) is 4.42. The van der Waals surface area contributed by atoms with Crippen molar-refractivity contribution >= 4 is 15.7 Å². The van der Waals surface area contributed by atoms with Gasteiger partial charge in [-0.05, 0) is 19.4 Å². The summed E-state index contributed by atoms with van der Waals surface area (Å²) in [4.78, 5) is 11.3. The van der Waals surface area contributed by atoms with E-state index in [2.05, 4.69) is 10.6 Å². The zero-order chi connectivity index (χ0) is 13.5. The van der Waals surface area contributed by atoms with Crippen LogP contribution in [0.3, 0.4) is 0 Å². The lowest BCUT2D eigenvalue weighted by Gasteiger charge is -2.21. The van der Waals surface area contributed by atoms with Gasteiger partial charge in [0, 0.05) is 12.6 Å². The summed E-state index contributed by atoms with van der Waals surface area (Å²) in [6, 6.07) is -0.0978. The molecule has 0 spiro atoms. The summed E-state index contributed by atoms with van der Waals surface area (Å²) in [6.07, 6.45) is 0. The SMILES string of the molecule is CCNC(=O)CS(=O)(=O)CC(NCC)C(C)C. The standard InChI is InChI=1S/C11H24N2O3S/c1-5-12-10(9(3)4)7-17(15,16)8-11(14)13-6-2/h9-10,12H,5-8H2,1-4H3,(H,13,14). The number of amides is 1. The second kappa shape index (κ2) is 7.66. The predicted molar refractivity (Wildman–Crippen MR) is 69.6 cm³/mol. The van der Waals surface area contributed by atoms with Gasteiger partial charge in [0.25, 0.3) is 0 Å². The number of sulfone groups is 1. The number of carbonyl (C=O) groups excluding carboxylic acids is 1. The zero-order valence-corrected chi connectivity index (χ0v) is 11.9. The molecule has 0 heterocycles. The molecule has 0 aromatic rings. The highest BCUT2D eigenvalue weighted by molar-refractivity contribution is 7.92. The van der Waals surface area contributed by atoms with E-state index in [1.54, 1.807) is 6.92 Å². The lowest BCUT2D eigenvalue weighted by Crippen LogP contribution is -2.42. The largest absolute Gasteiger partial charge is 0.356 e.